The molecular weight excluding hydrogens is 287 g/mol. The zero-order valence-corrected chi connectivity index (χ0v) is 11.5. The van der Waals surface area contributed by atoms with Gasteiger partial charge in [-0.2, -0.15) is 0 Å². The van der Waals surface area contributed by atoms with Gasteiger partial charge in [0.2, 0.25) is 0 Å². The van der Waals surface area contributed by atoms with Crippen LogP contribution in [0.25, 0.3) is 0 Å². The van der Waals surface area contributed by atoms with E-state index in [0.717, 1.165) is 11.0 Å². The van der Waals surface area contributed by atoms with Gasteiger partial charge in [-0.1, -0.05) is 12.1 Å². The lowest BCUT2D eigenvalue weighted by molar-refractivity contribution is 0.611. The highest BCUT2D eigenvalue weighted by Crippen LogP contribution is 2.17. The molecule has 2 rings (SSSR count). The van der Waals surface area contributed by atoms with Crippen molar-refractivity contribution in [2.24, 2.45) is 0 Å². The molecule has 1 aromatic carbocycles. The number of hydrogen-bond donors (Lipinski definition) is 0. The van der Waals surface area contributed by atoms with Crippen molar-refractivity contribution >= 4 is 20.6 Å². The highest BCUT2D eigenvalue weighted by molar-refractivity contribution is 7.98. The van der Waals surface area contributed by atoms with Gasteiger partial charge in [0.25, 0.3) is 0 Å². The molecule has 1 atom stereocenters. The summed E-state index contributed by atoms with van der Waals surface area (Å²) in [5.41, 5.74) is 0.728. The molecule has 0 N–H and O–H groups in total. The maximum absolute atomic E-state index is 12.7. The van der Waals surface area contributed by atoms with Crippen molar-refractivity contribution in [1.29, 1.82) is 0 Å². The van der Waals surface area contributed by atoms with Gasteiger partial charge in [-0.15, -0.1) is 0 Å². The van der Waals surface area contributed by atoms with E-state index in [4.69, 9.17) is 0 Å². The van der Waals surface area contributed by atoms with Gasteiger partial charge in [0.15, 0.2) is 9.84 Å². The predicted molar refractivity (Wildman–Crippen MR) is 73.5 cm³/mol. The Morgan fingerprint density at radius 1 is 1.21 bits per heavy atom. The Kier molecular flexibility index (Phi) is 4.11. The van der Waals surface area contributed by atoms with Crippen LogP contribution in [0.4, 0.5) is 4.39 Å². The lowest BCUT2D eigenvalue weighted by Gasteiger charge is -1.98. The highest BCUT2D eigenvalue weighted by Gasteiger charge is 2.14. The average Bonchev–Trinajstić information content (AvgIpc) is 2.69. The topological polar surface area (TPSA) is 51.2 Å². The molecule has 0 fully saturated rings. The first-order valence-corrected chi connectivity index (χ1v) is 8.33. The number of sulfone groups is 1. The van der Waals surface area contributed by atoms with E-state index < -0.39 is 20.6 Å². The minimum Gasteiger partial charge on any atom is -0.255 e. The van der Waals surface area contributed by atoms with Crippen LogP contribution in [0.15, 0.2) is 58.2 Å². The fourth-order valence-corrected chi connectivity index (χ4v) is 3.47. The molecule has 100 valence electrons. The van der Waals surface area contributed by atoms with E-state index in [-0.39, 0.29) is 16.5 Å². The second-order valence-corrected chi connectivity index (χ2v) is 7.05. The van der Waals surface area contributed by atoms with Gasteiger partial charge in [0, 0.05) is 10.8 Å². The predicted octanol–water partition coefficient (Wildman–Crippen LogP) is 2.41. The normalized spacial score (nSPS) is 18.7. The van der Waals surface area contributed by atoms with E-state index in [1.807, 2.05) is 0 Å². The van der Waals surface area contributed by atoms with Crippen LogP contribution >= 0.6 is 0 Å². The molecule has 0 amide bonds. The first-order chi connectivity index (χ1) is 8.97. The molecule has 6 heteroatoms. The molecule has 1 aliphatic rings. The van der Waals surface area contributed by atoms with Crippen LogP contribution in [-0.2, 0) is 26.4 Å². The number of rotatable bonds is 4. The number of allylic oxidation sites excluding steroid dienone is 3. The summed E-state index contributed by atoms with van der Waals surface area (Å²) in [6.45, 7) is 0. The number of benzene rings is 1. The van der Waals surface area contributed by atoms with Gasteiger partial charge in [-0.3, -0.25) is 4.21 Å². The Balaban J connectivity index is 2.01. The van der Waals surface area contributed by atoms with Crippen molar-refractivity contribution in [2.45, 2.75) is 5.75 Å². The summed E-state index contributed by atoms with van der Waals surface area (Å²) >= 11 is 0. The zero-order valence-electron chi connectivity index (χ0n) is 9.82. The van der Waals surface area contributed by atoms with Crippen LogP contribution < -0.4 is 0 Å². The van der Waals surface area contributed by atoms with Crippen molar-refractivity contribution in [3.05, 3.63) is 69.6 Å². The smallest absolute Gasteiger partial charge is 0.199 e. The molecule has 1 heterocycles. The second-order valence-electron chi connectivity index (χ2n) is 3.90. The number of halogens is 1. The molecule has 0 aromatic heterocycles. The highest BCUT2D eigenvalue weighted by atomic mass is 32.2. The van der Waals surface area contributed by atoms with Gasteiger partial charge in [0.1, 0.15) is 5.82 Å². The van der Waals surface area contributed by atoms with Crippen molar-refractivity contribution in [3.8, 4) is 0 Å². The van der Waals surface area contributed by atoms with E-state index in [0.29, 0.717) is 0 Å². The van der Waals surface area contributed by atoms with Gasteiger partial charge >= 0.3 is 0 Å². The third-order valence-electron chi connectivity index (χ3n) is 2.45. The van der Waals surface area contributed by atoms with Gasteiger partial charge in [0.05, 0.1) is 21.5 Å². The molecule has 1 unspecified atom stereocenters. The van der Waals surface area contributed by atoms with Crippen LogP contribution in [-0.4, -0.2) is 12.6 Å². The van der Waals surface area contributed by atoms with Crippen LogP contribution in [0.5, 0.6) is 0 Å². The van der Waals surface area contributed by atoms with Crippen molar-refractivity contribution < 1.29 is 17.0 Å². The standard InChI is InChI=1S/C13H11FO3S2/c14-12-5-3-11(4-6-12)10-18(15)8-7-13-2-1-9-19(13,16)17/h1-9H,10H2. The molecule has 0 spiro atoms. The maximum atomic E-state index is 12.7. The van der Waals surface area contributed by atoms with Crippen molar-refractivity contribution in [1.82, 2.24) is 0 Å². The fraction of sp³-hybridized carbons (Fsp3) is 0.0769. The summed E-state index contributed by atoms with van der Waals surface area (Å²) < 4.78 is 47.3. The third kappa shape index (κ3) is 3.71. The molecule has 1 aliphatic heterocycles. The quantitative estimate of drug-likeness (QED) is 0.857. The molecule has 19 heavy (non-hydrogen) atoms. The van der Waals surface area contributed by atoms with Crippen LogP contribution in [0.1, 0.15) is 5.56 Å². The Morgan fingerprint density at radius 3 is 2.47 bits per heavy atom. The van der Waals surface area contributed by atoms with E-state index in [1.54, 1.807) is 12.1 Å². The molecule has 0 aliphatic carbocycles. The molecule has 0 bridgehead atoms. The molecular formula is C13H11FO3S2. The van der Waals surface area contributed by atoms with Gasteiger partial charge in [-0.25, -0.2) is 12.8 Å². The van der Waals surface area contributed by atoms with Crippen LogP contribution in [0, 0.1) is 5.82 Å². The van der Waals surface area contributed by atoms with E-state index in [1.165, 1.54) is 35.8 Å². The summed E-state index contributed by atoms with van der Waals surface area (Å²) in [7, 11) is -4.69. The van der Waals surface area contributed by atoms with Gasteiger partial charge in [-0.05, 0) is 35.9 Å². The van der Waals surface area contributed by atoms with E-state index in [9.17, 15) is 17.0 Å². The molecule has 1 aromatic rings. The lowest BCUT2D eigenvalue weighted by atomic mass is 10.2. The molecule has 0 saturated carbocycles. The molecule has 0 saturated heterocycles. The van der Waals surface area contributed by atoms with Crippen molar-refractivity contribution in [2.75, 3.05) is 0 Å². The van der Waals surface area contributed by atoms with Crippen LogP contribution in [0.3, 0.4) is 0 Å². The molecule has 3 nitrogen and oxygen atoms in total. The minimum atomic E-state index is -3.35. The van der Waals surface area contributed by atoms with Crippen LogP contribution in [0.2, 0.25) is 0 Å². The summed E-state index contributed by atoms with van der Waals surface area (Å²) in [5.74, 6) is -0.129. The summed E-state index contributed by atoms with van der Waals surface area (Å²) in [4.78, 5) is 0.125. The summed E-state index contributed by atoms with van der Waals surface area (Å²) in [6.07, 6.45) is 4.20. The SMILES string of the molecule is O=S(C=CC1=CC=CS1(=O)=O)Cc1ccc(F)cc1. The van der Waals surface area contributed by atoms with Crippen molar-refractivity contribution in [3.63, 3.8) is 0 Å². The van der Waals surface area contributed by atoms with E-state index >= 15 is 0 Å². The Bertz CT molecular complexity index is 683. The summed E-state index contributed by atoms with van der Waals surface area (Å²) in [6, 6.07) is 5.69. The lowest BCUT2D eigenvalue weighted by Crippen LogP contribution is -1.95. The third-order valence-corrected chi connectivity index (χ3v) is 4.96. The summed E-state index contributed by atoms with van der Waals surface area (Å²) in [5, 5.41) is 2.43. The Labute approximate surface area is 113 Å². The second kappa shape index (κ2) is 5.63. The number of hydrogen-bond acceptors (Lipinski definition) is 3. The maximum Gasteiger partial charge on any atom is 0.199 e. The minimum absolute atomic E-state index is 0.125. The molecule has 0 radical (unpaired) electrons. The first-order valence-electron chi connectivity index (χ1n) is 5.41. The monoisotopic (exact) mass is 298 g/mol. The zero-order chi connectivity index (χ0) is 13.9. The average molecular weight is 298 g/mol. The fourth-order valence-electron chi connectivity index (χ4n) is 1.50. The largest absolute Gasteiger partial charge is 0.255 e. The van der Waals surface area contributed by atoms with E-state index in [2.05, 4.69) is 0 Å². The Hall–Kier alpha value is -1.53. The Morgan fingerprint density at radius 2 is 1.89 bits per heavy atom. The van der Waals surface area contributed by atoms with Gasteiger partial charge < -0.3 is 0 Å². The first kappa shape index (κ1) is 13.9.